The Labute approximate surface area is 135 Å². The Hall–Kier alpha value is -1.75. The molecule has 2 N–H and O–H groups in total. The predicted octanol–water partition coefficient (Wildman–Crippen LogP) is 2.96. The van der Waals surface area contributed by atoms with Gasteiger partial charge in [-0.25, -0.2) is 4.98 Å². The van der Waals surface area contributed by atoms with Crippen LogP contribution in [0.4, 0.5) is 5.95 Å². The van der Waals surface area contributed by atoms with Gasteiger partial charge in [0.05, 0.1) is 17.0 Å². The van der Waals surface area contributed by atoms with E-state index in [0.717, 1.165) is 49.3 Å². The lowest BCUT2D eigenvalue weighted by Crippen LogP contribution is -2.43. The monoisotopic (exact) mass is 320 g/mol. The molecular weight excluding hydrogens is 300 g/mol. The molecule has 1 aliphatic rings. The zero-order valence-electron chi connectivity index (χ0n) is 12.7. The highest BCUT2D eigenvalue weighted by Crippen LogP contribution is 2.25. The number of carbonyl (C=O) groups is 1. The molecule has 1 aromatic carbocycles. The molecule has 2 heterocycles. The number of nitrogens with one attached hydrogen (secondary N) is 2. The van der Waals surface area contributed by atoms with Gasteiger partial charge in [-0.3, -0.25) is 4.79 Å². The fraction of sp³-hybridized carbons (Fsp3) is 0.500. The van der Waals surface area contributed by atoms with Gasteiger partial charge in [-0.2, -0.15) is 0 Å². The second kappa shape index (κ2) is 6.57. The number of H-pyrrole nitrogens is 1. The number of aromatic amines is 1. The van der Waals surface area contributed by atoms with Crippen LogP contribution < -0.4 is 10.2 Å². The Morgan fingerprint density at radius 2 is 2.41 bits per heavy atom. The van der Waals surface area contributed by atoms with E-state index < -0.39 is 0 Å². The fourth-order valence-electron chi connectivity index (χ4n) is 2.89. The van der Waals surface area contributed by atoms with Crippen LogP contribution in [0.2, 0.25) is 5.02 Å². The van der Waals surface area contributed by atoms with E-state index >= 15 is 0 Å². The Kier molecular flexibility index (Phi) is 4.52. The Balaban J connectivity index is 1.74. The van der Waals surface area contributed by atoms with E-state index in [-0.39, 0.29) is 11.8 Å². The zero-order valence-corrected chi connectivity index (χ0v) is 13.5. The third-order valence-corrected chi connectivity index (χ3v) is 4.31. The van der Waals surface area contributed by atoms with E-state index in [0.29, 0.717) is 11.6 Å². The molecule has 1 unspecified atom stereocenters. The number of nitrogens with zero attached hydrogens (tertiary/aromatic N) is 2. The van der Waals surface area contributed by atoms with Gasteiger partial charge >= 0.3 is 0 Å². The molecule has 0 spiro atoms. The fourth-order valence-corrected chi connectivity index (χ4v) is 3.07. The van der Waals surface area contributed by atoms with Gasteiger partial charge in [0.15, 0.2) is 0 Å². The first-order valence-corrected chi connectivity index (χ1v) is 8.23. The number of anilines is 1. The highest BCUT2D eigenvalue weighted by Gasteiger charge is 2.27. The molecule has 1 aliphatic heterocycles. The number of imidazole rings is 1. The number of rotatable bonds is 4. The number of hydrogen-bond donors (Lipinski definition) is 2. The topological polar surface area (TPSA) is 61.0 Å². The van der Waals surface area contributed by atoms with Crippen molar-refractivity contribution in [1.29, 1.82) is 0 Å². The number of piperidine rings is 1. The number of fused-ring (bicyclic) bond motifs is 1. The first kappa shape index (κ1) is 15.2. The van der Waals surface area contributed by atoms with Crippen molar-refractivity contribution in [3.8, 4) is 0 Å². The summed E-state index contributed by atoms with van der Waals surface area (Å²) in [7, 11) is 0. The summed E-state index contributed by atoms with van der Waals surface area (Å²) >= 11 is 6.01. The summed E-state index contributed by atoms with van der Waals surface area (Å²) in [6.07, 6.45) is 2.91. The van der Waals surface area contributed by atoms with Gasteiger partial charge in [0.1, 0.15) is 0 Å². The summed E-state index contributed by atoms with van der Waals surface area (Å²) in [5.41, 5.74) is 1.83. The molecule has 1 fully saturated rings. The molecule has 0 bridgehead atoms. The third-order valence-electron chi connectivity index (χ3n) is 4.07. The van der Waals surface area contributed by atoms with Crippen molar-refractivity contribution in [3.63, 3.8) is 0 Å². The van der Waals surface area contributed by atoms with Crippen LogP contribution >= 0.6 is 11.6 Å². The molecule has 2 aromatic rings. The number of aromatic nitrogens is 2. The van der Waals surface area contributed by atoms with Crippen molar-refractivity contribution < 1.29 is 4.79 Å². The second-order valence-electron chi connectivity index (χ2n) is 5.80. The van der Waals surface area contributed by atoms with Gasteiger partial charge in [-0.15, -0.1) is 0 Å². The van der Waals surface area contributed by atoms with Gasteiger partial charge in [-0.1, -0.05) is 18.5 Å². The third kappa shape index (κ3) is 3.19. The van der Waals surface area contributed by atoms with Crippen molar-refractivity contribution in [2.45, 2.75) is 26.2 Å². The number of hydrogen-bond acceptors (Lipinski definition) is 3. The van der Waals surface area contributed by atoms with E-state index in [1.165, 1.54) is 0 Å². The predicted molar refractivity (Wildman–Crippen MR) is 89.3 cm³/mol. The molecule has 0 aliphatic carbocycles. The molecule has 3 rings (SSSR count). The minimum atomic E-state index is 0.0390. The summed E-state index contributed by atoms with van der Waals surface area (Å²) < 4.78 is 0. The quantitative estimate of drug-likeness (QED) is 0.910. The van der Waals surface area contributed by atoms with E-state index in [1.54, 1.807) is 0 Å². The molecule has 5 nitrogen and oxygen atoms in total. The summed E-state index contributed by atoms with van der Waals surface area (Å²) in [6.45, 7) is 4.44. The Bertz CT molecular complexity index is 669. The van der Waals surface area contributed by atoms with Gasteiger partial charge in [0.25, 0.3) is 0 Å². The summed E-state index contributed by atoms with van der Waals surface area (Å²) in [4.78, 5) is 22.2. The SMILES string of the molecule is CCCNC(=O)C1CCCN(c2nc3ccc(Cl)cc3[nH]2)C1. The van der Waals surface area contributed by atoms with Crippen LogP contribution in [0.5, 0.6) is 0 Å². The smallest absolute Gasteiger partial charge is 0.224 e. The first-order valence-electron chi connectivity index (χ1n) is 7.85. The largest absolute Gasteiger partial charge is 0.356 e. The van der Waals surface area contributed by atoms with Crippen LogP contribution in [0.1, 0.15) is 26.2 Å². The number of benzene rings is 1. The molecule has 1 amide bonds. The average molecular weight is 321 g/mol. The lowest BCUT2D eigenvalue weighted by atomic mass is 9.97. The molecular formula is C16H21ClN4O. The molecule has 1 atom stereocenters. The van der Waals surface area contributed by atoms with Crippen LogP contribution in [0.15, 0.2) is 18.2 Å². The Morgan fingerprint density at radius 1 is 1.55 bits per heavy atom. The standard InChI is InChI=1S/C16H21ClN4O/c1-2-7-18-15(22)11-4-3-8-21(10-11)16-19-13-6-5-12(17)9-14(13)20-16/h5-6,9,11H,2-4,7-8,10H2,1H3,(H,18,22)(H,19,20). The first-order chi connectivity index (χ1) is 10.7. The highest BCUT2D eigenvalue weighted by atomic mass is 35.5. The van der Waals surface area contributed by atoms with E-state index in [9.17, 15) is 4.79 Å². The van der Waals surface area contributed by atoms with Crippen LogP contribution in [0.25, 0.3) is 11.0 Å². The molecule has 0 radical (unpaired) electrons. The summed E-state index contributed by atoms with van der Waals surface area (Å²) in [5, 5.41) is 3.69. The van der Waals surface area contributed by atoms with Crippen molar-refractivity contribution in [1.82, 2.24) is 15.3 Å². The van der Waals surface area contributed by atoms with Gasteiger partial charge in [-0.05, 0) is 37.5 Å². The van der Waals surface area contributed by atoms with Crippen molar-refractivity contribution in [2.24, 2.45) is 5.92 Å². The van der Waals surface area contributed by atoms with E-state index in [4.69, 9.17) is 11.6 Å². The summed E-state index contributed by atoms with van der Waals surface area (Å²) in [5.74, 6) is 1.02. The van der Waals surface area contributed by atoms with Crippen LogP contribution in [0, 0.1) is 5.92 Å². The number of carbonyl (C=O) groups excluding carboxylic acids is 1. The lowest BCUT2D eigenvalue weighted by molar-refractivity contribution is -0.125. The molecule has 0 saturated carbocycles. The van der Waals surface area contributed by atoms with E-state index in [2.05, 4.69) is 27.1 Å². The van der Waals surface area contributed by atoms with E-state index in [1.807, 2.05) is 18.2 Å². The van der Waals surface area contributed by atoms with Gasteiger partial charge in [0.2, 0.25) is 11.9 Å². The maximum absolute atomic E-state index is 12.2. The molecule has 1 aromatic heterocycles. The normalized spacial score (nSPS) is 18.6. The van der Waals surface area contributed by atoms with Crippen molar-refractivity contribution in [2.75, 3.05) is 24.5 Å². The number of amides is 1. The van der Waals surface area contributed by atoms with Crippen LogP contribution in [0.3, 0.4) is 0 Å². The van der Waals surface area contributed by atoms with Gasteiger partial charge < -0.3 is 15.2 Å². The molecule has 118 valence electrons. The Morgan fingerprint density at radius 3 is 3.23 bits per heavy atom. The van der Waals surface area contributed by atoms with Crippen LogP contribution in [-0.4, -0.2) is 35.5 Å². The maximum atomic E-state index is 12.2. The average Bonchev–Trinajstić information content (AvgIpc) is 2.95. The highest BCUT2D eigenvalue weighted by molar-refractivity contribution is 6.31. The number of halogens is 1. The minimum Gasteiger partial charge on any atom is -0.356 e. The molecule has 1 saturated heterocycles. The molecule has 22 heavy (non-hydrogen) atoms. The summed E-state index contributed by atoms with van der Waals surface area (Å²) in [6, 6.07) is 5.63. The van der Waals surface area contributed by atoms with Crippen molar-refractivity contribution in [3.05, 3.63) is 23.2 Å². The van der Waals surface area contributed by atoms with Crippen LogP contribution in [-0.2, 0) is 4.79 Å². The van der Waals surface area contributed by atoms with Crippen molar-refractivity contribution >= 4 is 34.5 Å². The lowest BCUT2D eigenvalue weighted by Gasteiger charge is -2.31. The molecule has 6 heteroatoms. The zero-order chi connectivity index (χ0) is 15.5. The second-order valence-corrected chi connectivity index (χ2v) is 6.23. The minimum absolute atomic E-state index is 0.0390. The maximum Gasteiger partial charge on any atom is 0.224 e. The van der Waals surface area contributed by atoms with Gasteiger partial charge in [0, 0.05) is 24.7 Å².